The van der Waals surface area contributed by atoms with Gasteiger partial charge in [-0.15, -0.1) is 0 Å². The first-order valence-electron chi connectivity index (χ1n) is 9.17. The van der Waals surface area contributed by atoms with Crippen molar-refractivity contribution in [3.8, 4) is 0 Å². The molecule has 3 atom stereocenters. The lowest BCUT2D eigenvalue weighted by atomic mass is 9.89. The quantitative estimate of drug-likeness (QED) is 0.923. The minimum absolute atomic E-state index is 0.0753. The number of aliphatic hydroxyl groups excluding tert-OH is 1. The number of benzene rings is 1. The van der Waals surface area contributed by atoms with Crippen LogP contribution in [0.4, 0.5) is 0 Å². The predicted octanol–water partition coefficient (Wildman–Crippen LogP) is 2.62. The average Bonchev–Trinajstić information content (AvgIpc) is 3.03. The second kappa shape index (κ2) is 7.66. The molecule has 2 saturated heterocycles. The minimum Gasteiger partial charge on any atom is -0.393 e. The van der Waals surface area contributed by atoms with E-state index >= 15 is 0 Å². The number of likely N-dealkylation sites (tertiary alicyclic amines) is 1. The first-order valence-corrected chi connectivity index (χ1v) is 9.17. The van der Waals surface area contributed by atoms with Gasteiger partial charge in [0.1, 0.15) is 0 Å². The Kier molecular flexibility index (Phi) is 5.57. The maximum Gasteiger partial charge on any atom is 0.223 e. The van der Waals surface area contributed by atoms with Crippen LogP contribution in [0.5, 0.6) is 0 Å². The Labute approximate surface area is 144 Å². The topological polar surface area (TPSA) is 49.8 Å². The van der Waals surface area contributed by atoms with Crippen LogP contribution in [0.15, 0.2) is 18.2 Å². The van der Waals surface area contributed by atoms with Crippen molar-refractivity contribution in [1.82, 2.24) is 4.90 Å². The normalized spacial score (nSPS) is 27.5. The van der Waals surface area contributed by atoms with E-state index in [1.54, 1.807) is 0 Å². The fourth-order valence-corrected chi connectivity index (χ4v) is 4.17. The van der Waals surface area contributed by atoms with Crippen molar-refractivity contribution in [2.75, 3.05) is 19.8 Å². The zero-order valence-corrected chi connectivity index (χ0v) is 14.8. The van der Waals surface area contributed by atoms with Gasteiger partial charge in [-0.2, -0.15) is 0 Å². The molecule has 2 aliphatic rings. The molecule has 1 aromatic rings. The number of hydrogen-bond acceptors (Lipinski definition) is 3. The van der Waals surface area contributed by atoms with Crippen LogP contribution >= 0.6 is 0 Å². The number of amides is 1. The second-order valence-corrected chi connectivity index (χ2v) is 7.32. The number of nitrogens with zero attached hydrogens (tertiary/aromatic N) is 1. The second-order valence-electron chi connectivity index (χ2n) is 7.32. The van der Waals surface area contributed by atoms with Gasteiger partial charge in [-0.25, -0.2) is 0 Å². The first kappa shape index (κ1) is 17.4. The Morgan fingerprint density at radius 2 is 2.17 bits per heavy atom. The molecule has 4 nitrogen and oxygen atoms in total. The molecular weight excluding hydrogens is 302 g/mol. The summed E-state index contributed by atoms with van der Waals surface area (Å²) in [5, 5.41) is 10.3. The van der Waals surface area contributed by atoms with E-state index in [9.17, 15) is 9.90 Å². The molecule has 132 valence electrons. The lowest BCUT2D eigenvalue weighted by Gasteiger charge is -2.37. The smallest absolute Gasteiger partial charge is 0.223 e. The van der Waals surface area contributed by atoms with Gasteiger partial charge in [0.05, 0.1) is 12.7 Å². The summed E-state index contributed by atoms with van der Waals surface area (Å²) in [5.74, 6) is 0.293. The monoisotopic (exact) mass is 331 g/mol. The number of aryl methyl sites for hydroxylation is 3. The summed E-state index contributed by atoms with van der Waals surface area (Å²) in [5.41, 5.74) is 3.77. The van der Waals surface area contributed by atoms with Crippen molar-refractivity contribution in [2.24, 2.45) is 5.92 Å². The average molecular weight is 331 g/mol. The zero-order valence-electron chi connectivity index (χ0n) is 14.8. The van der Waals surface area contributed by atoms with Crippen LogP contribution in [0.3, 0.4) is 0 Å². The largest absolute Gasteiger partial charge is 0.393 e. The van der Waals surface area contributed by atoms with Crippen molar-refractivity contribution in [3.05, 3.63) is 34.9 Å². The molecule has 1 amide bonds. The molecule has 0 unspecified atom stereocenters. The number of ether oxygens (including phenoxy) is 1. The molecule has 0 aromatic heterocycles. The SMILES string of the molecule is Cc1ccc(CCC(=O)N2CCC[C@@H]2[C@@H]2COCC[C@H]2O)c(C)c1. The number of carbonyl (C=O) groups excluding carboxylic acids is 1. The molecule has 0 spiro atoms. The van der Waals surface area contributed by atoms with Crippen LogP contribution in [0.2, 0.25) is 0 Å². The lowest BCUT2D eigenvalue weighted by molar-refractivity contribution is -0.136. The van der Waals surface area contributed by atoms with Gasteiger partial charge in [0, 0.05) is 31.5 Å². The highest BCUT2D eigenvalue weighted by atomic mass is 16.5. The highest BCUT2D eigenvalue weighted by Gasteiger charge is 2.39. The van der Waals surface area contributed by atoms with E-state index in [2.05, 4.69) is 32.0 Å². The molecule has 1 N–H and O–H groups in total. The Morgan fingerprint density at radius 1 is 1.33 bits per heavy atom. The summed E-state index contributed by atoms with van der Waals surface area (Å²) >= 11 is 0. The molecule has 1 aromatic carbocycles. The van der Waals surface area contributed by atoms with Gasteiger partial charge in [0.25, 0.3) is 0 Å². The van der Waals surface area contributed by atoms with Gasteiger partial charge in [-0.3, -0.25) is 4.79 Å². The molecule has 2 heterocycles. The summed E-state index contributed by atoms with van der Waals surface area (Å²) in [7, 11) is 0. The summed E-state index contributed by atoms with van der Waals surface area (Å²) in [6.45, 7) is 6.23. The number of rotatable bonds is 4. The van der Waals surface area contributed by atoms with Crippen molar-refractivity contribution < 1.29 is 14.6 Å². The molecule has 2 aliphatic heterocycles. The summed E-state index contributed by atoms with van der Waals surface area (Å²) < 4.78 is 5.55. The highest BCUT2D eigenvalue weighted by Crippen LogP contribution is 2.30. The Bertz CT molecular complexity index is 586. The van der Waals surface area contributed by atoms with E-state index in [-0.39, 0.29) is 24.0 Å². The van der Waals surface area contributed by atoms with E-state index in [0.29, 0.717) is 26.1 Å². The molecule has 0 saturated carbocycles. The standard InChI is InChI=1S/C20H29NO3/c1-14-5-6-16(15(2)12-14)7-8-20(23)21-10-3-4-18(21)17-13-24-11-9-19(17)22/h5-6,12,17-19,22H,3-4,7-11,13H2,1-2H3/t17-,18+,19+/m0/s1. The molecule has 24 heavy (non-hydrogen) atoms. The van der Waals surface area contributed by atoms with E-state index in [1.165, 1.54) is 16.7 Å². The van der Waals surface area contributed by atoms with Gasteiger partial charge in [0.2, 0.25) is 5.91 Å². The highest BCUT2D eigenvalue weighted by molar-refractivity contribution is 5.77. The predicted molar refractivity (Wildman–Crippen MR) is 93.9 cm³/mol. The van der Waals surface area contributed by atoms with E-state index in [0.717, 1.165) is 25.8 Å². The minimum atomic E-state index is -0.337. The lowest BCUT2D eigenvalue weighted by Crippen LogP contribution is -2.48. The number of carbonyl (C=O) groups is 1. The maximum atomic E-state index is 12.8. The summed E-state index contributed by atoms with van der Waals surface area (Å²) in [4.78, 5) is 14.8. The third-order valence-corrected chi connectivity index (χ3v) is 5.58. The van der Waals surface area contributed by atoms with Crippen LogP contribution in [0.1, 0.15) is 42.4 Å². The molecule has 0 bridgehead atoms. The summed E-state index contributed by atoms with van der Waals surface area (Å²) in [6, 6.07) is 6.57. The Balaban J connectivity index is 1.61. The molecule has 2 fully saturated rings. The summed E-state index contributed by atoms with van der Waals surface area (Å²) in [6.07, 6.45) is 3.70. The Hall–Kier alpha value is -1.39. The molecule has 3 rings (SSSR count). The van der Waals surface area contributed by atoms with Crippen molar-refractivity contribution in [3.63, 3.8) is 0 Å². The fraction of sp³-hybridized carbons (Fsp3) is 0.650. The zero-order chi connectivity index (χ0) is 17.1. The Morgan fingerprint density at radius 3 is 2.92 bits per heavy atom. The van der Waals surface area contributed by atoms with Crippen LogP contribution in [0, 0.1) is 19.8 Å². The number of aliphatic hydroxyl groups is 1. The molecule has 0 aliphatic carbocycles. The van der Waals surface area contributed by atoms with Crippen molar-refractivity contribution in [2.45, 2.75) is 58.1 Å². The molecular formula is C20H29NO3. The van der Waals surface area contributed by atoms with Gasteiger partial charge >= 0.3 is 0 Å². The third kappa shape index (κ3) is 3.81. The van der Waals surface area contributed by atoms with Gasteiger partial charge < -0.3 is 14.7 Å². The van der Waals surface area contributed by atoms with Gasteiger partial charge in [-0.1, -0.05) is 23.8 Å². The number of hydrogen-bond donors (Lipinski definition) is 1. The van der Waals surface area contributed by atoms with Crippen LogP contribution in [-0.2, 0) is 16.0 Å². The van der Waals surface area contributed by atoms with E-state index < -0.39 is 0 Å². The van der Waals surface area contributed by atoms with Crippen LogP contribution < -0.4 is 0 Å². The van der Waals surface area contributed by atoms with Crippen molar-refractivity contribution >= 4 is 5.91 Å². The molecule has 0 radical (unpaired) electrons. The fourth-order valence-electron chi connectivity index (χ4n) is 4.17. The van der Waals surface area contributed by atoms with Crippen molar-refractivity contribution in [1.29, 1.82) is 0 Å². The van der Waals surface area contributed by atoms with Gasteiger partial charge in [-0.05, 0) is 50.7 Å². The van der Waals surface area contributed by atoms with E-state index in [4.69, 9.17) is 4.74 Å². The maximum absolute atomic E-state index is 12.8. The van der Waals surface area contributed by atoms with Crippen LogP contribution in [0.25, 0.3) is 0 Å². The van der Waals surface area contributed by atoms with Gasteiger partial charge in [0.15, 0.2) is 0 Å². The molecule has 4 heteroatoms. The third-order valence-electron chi connectivity index (χ3n) is 5.58. The first-order chi connectivity index (χ1) is 11.6. The van der Waals surface area contributed by atoms with E-state index in [1.807, 2.05) is 4.90 Å². The van der Waals surface area contributed by atoms with Crippen LogP contribution in [-0.4, -0.2) is 47.8 Å².